The zero-order valence-electron chi connectivity index (χ0n) is 13.6. The van der Waals surface area contributed by atoms with Crippen molar-refractivity contribution < 1.29 is 4.79 Å². The summed E-state index contributed by atoms with van der Waals surface area (Å²) in [6.45, 7) is 1.86. The van der Waals surface area contributed by atoms with Gasteiger partial charge in [-0.25, -0.2) is 4.68 Å². The second-order valence-corrected chi connectivity index (χ2v) is 6.24. The Kier molecular flexibility index (Phi) is 3.78. The van der Waals surface area contributed by atoms with Crippen LogP contribution in [0.1, 0.15) is 16.8 Å². The molecule has 1 amide bonds. The highest BCUT2D eigenvalue weighted by molar-refractivity contribution is 5.94. The largest absolute Gasteiger partial charge is 0.337 e. The molecule has 5 heteroatoms. The van der Waals surface area contributed by atoms with E-state index >= 15 is 0 Å². The van der Waals surface area contributed by atoms with Crippen LogP contribution in [-0.2, 0) is 0 Å². The van der Waals surface area contributed by atoms with Gasteiger partial charge in [0.1, 0.15) is 0 Å². The quantitative estimate of drug-likeness (QED) is 0.806. The van der Waals surface area contributed by atoms with Gasteiger partial charge in [0.2, 0.25) is 0 Å². The molecule has 1 N–H and O–H groups in total. The van der Waals surface area contributed by atoms with Crippen LogP contribution in [0.5, 0.6) is 0 Å². The average Bonchev–Trinajstić information content (AvgIpc) is 3.30. The first-order valence-corrected chi connectivity index (χ1v) is 8.25. The predicted octanol–water partition coefficient (Wildman–Crippen LogP) is 2.46. The van der Waals surface area contributed by atoms with Crippen molar-refractivity contribution >= 4 is 16.8 Å². The first-order valence-electron chi connectivity index (χ1n) is 8.25. The highest BCUT2D eigenvalue weighted by Gasteiger charge is 2.23. The van der Waals surface area contributed by atoms with Crippen molar-refractivity contribution in [2.75, 3.05) is 20.1 Å². The normalized spacial score (nSPS) is 17.3. The third-order valence-electron chi connectivity index (χ3n) is 4.69. The third-order valence-corrected chi connectivity index (χ3v) is 4.69. The van der Waals surface area contributed by atoms with Gasteiger partial charge < -0.3 is 10.2 Å². The second kappa shape index (κ2) is 6.09. The fourth-order valence-electron chi connectivity index (χ4n) is 3.19. The lowest BCUT2D eigenvalue weighted by Crippen LogP contribution is -2.38. The first kappa shape index (κ1) is 14.9. The van der Waals surface area contributed by atoms with E-state index < -0.39 is 0 Å². The third kappa shape index (κ3) is 2.67. The molecule has 0 unspecified atom stereocenters. The summed E-state index contributed by atoms with van der Waals surface area (Å²) in [5.41, 5.74) is 2.63. The Morgan fingerprint density at radius 2 is 2.00 bits per heavy atom. The Morgan fingerprint density at radius 3 is 2.71 bits per heavy atom. The first-order chi connectivity index (χ1) is 11.7. The maximum absolute atomic E-state index is 12.6. The van der Waals surface area contributed by atoms with E-state index in [9.17, 15) is 4.79 Å². The van der Waals surface area contributed by atoms with E-state index in [1.807, 2.05) is 71.4 Å². The van der Waals surface area contributed by atoms with Crippen LogP contribution in [0.2, 0.25) is 0 Å². The fraction of sp³-hybridized carbons (Fsp3) is 0.263. The molecule has 1 fully saturated rings. The molecule has 1 atom stereocenters. The summed E-state index contributed by atoms with van der Waals surface area (Å²) in [5.74, 6) is 0.0703. The maximum atomic E-state index is 12.6. The van der Waals surface area contributed by atoms with E-state index in [-0.39, 0.29) is 11.9 Å². The number of rotatable bonds is 3. The van der Waals surface area contributed by atoms with Crippen LogP contribution in [0.4, 0.5) is 0 Å². The summed E-state index contributed by atoms with van der Waals surface area (Å²) in [4.78, 5) is 14.4. The molecule has 122 valence electrons. The molecule has 1 aliphatic rings. The number of amides is 1. The van der Waals surface area contributed by atoms with Gasteiger partial charge in [0.15, 0.2) is 0 Å². The molecule has 0 bridgehead atoms. The number of benzene rings is 2. The Morgan fingerprint density at radius 1 is 1.21 bits per heavy atom. The molecule has 0 radical (unpaired) electrons. The van der Waals surface area contributed by atoms with Crippen molar-refractivity contribution in [2.24, 2.45) is 0 Å². The minimum Gasteiger partial charge on any atom is -0.337 e. The molecule has 24 heavy (non-hydrogen) atoms. The van der Waals surface area contributed by atoms with Crippen LogP contribution >= 0.6 is 0 Å². The molecule has 1 saturated heterocycles. The van der Waals surface area contributed by atoms with Gasteiger partial charge in [-0.1, -0.05) is 18.2 Å². The number of nitrogens with one attached hydrogen (secondary N) is 1. The van der Waals surface area contributed by atoms with Crippen LogP contribution in [0.25, 0.3) is 16.6 Å². The van der Waals surface area contributed by atoms with Gasteiger partial charge in [0, 0.05) is 36.8 Å². The topological polar surface area (TPSA) is 50.2 Å². The molecule has 1 aliphatic heterocycles. The molecule has 3 aromatic rings. The van der Waals surface area contributed by atoms with Gasteiger partial charge in [0.05, 0.1) is 11.2 Å². The zero-order chi connectivity index (χ0) is 16.5. The van der Waals surface area contributed by atoms with Crippen molar-refractivity contribution in [3.05, 3.63) is 60.3 Å². The van der Waals surface area contributed by atoms with Gasteiger partial charge in [-0.2, -0.15) is 5.10 Å². The number of hydrogen-bond acceptors (Lipinski definition) is 3. The highest BCUT2D eigenvalue weighted by atomic mass is 16.2. The van der Waals surface area contributed by atoms with E-state index in [0.717, 1.165) is 36.1 Å². The van der Waals surface area contributed by atoms with Gasteiger partial charge in [-0.15, -0.1) is 0 Å². The summed E-state index contributed by atoms with van der Waals surface area (Å²) in [6, 6.07) is 16.0. The lowest BCUT2D eigenvalue weighted by Gasteiger charge is -2.23. The number of aromatic nitrogens is 2. The minimum atomic E-state index is 0.0703. The highest BCUT2D eigenvalue weighted by Crippen LogP contribution is 2.17. The summed E-state index contributed by atoms with van der Waals surface area (Å²) in [7, 11) is 1.88. The smallest absolute Gasteiger partial charge is 0.253 e. The standard InChI is InChI=1S/C19H20N4O/c1-22(17-10-11-20-12-17)19(24)14-6-8-16(9-7-14)23-13-15-4-2-3-5-18(15)21-23/h2-9,13,17,20H,10-12H2,1H3/t17-/m1/s1. The summed E-state index contributed by atoms with van der Waals surface area (Å²) < 4.78 is 1.85. The van der Waals surface area contributed by atoms with Crippen molar-refractivity contribution in [1.82, 2.24) is 20.0 Å². The number of hydrogen-bond donors (Lipinski definition) is 1. The number of carbonyl (C=O) groups excluding carboxylic acids is 1. The lowest BCUT2D eigenvalue weighted by molar-refractivity contribution is 0.0744. The monoisotopic (exact) mass is 320 g/mol. The molecular formula is C19H20N4O. The van der Waals surface area contributed by atoms with Crippen LogP contribution in [0.15, 0.2) is 54.7 Å². The van der Waals surface area contributed by atoms with Crippen LogP contribution in [0, 0.1) is 0 Å². The summed E-state index contributed by atoms with van der Waals surface area (Å²) in [5, 5.41) is 8.97. The van der Waals surface area contributed by atoms with Crippen LogP contribution < -0.4 is 5.32 Å². The molecule has 5 nitrogen and oxygen atoms in total. The lowest BCUT2D eigenvalue weighted by atomic mass is 10.1. The maximum Gasteiger partial charge on any atom is 0.253 e. The predicted molar refractivity (Wildman–Crippen MR) is 94.4 cm³/mol. The average molecular weight is 320 g/mol. The van der Waals surface area contributed by atoms with E-state index in [1.54, 1.807) is 0 Å². The summed E-state index contributed by atoms with van der Waals surface area (Å²) in [6.07, 6.45) is 3.02. The summed E-state index contributed by atoms with van der Waals surface area (Å²) >= 11 is 0. The van der Waals surface area contributed by atoms with E-state index in [4.69, 9.17) is 0 Å². The Bertz CT molecular complexity index is 829. The van der Waals surface area contributed by atoms with Crippen molar-refractivity contribution in [3.8, 4) is 5.69 Å². The van der Waals surface area contributed by atoms with Crippen molar-refractivity contribution in [1.29, 1.82) is 0 Å². The molecule has 1 aromatic heterocycles. The molecule has 0 aliphatic carbocycles. The number of nitrogens with zero attached hydrogens (tertiary/aromatic N) is 3. The van der Waals surface area contributed by atoms with Gasteiger partial charge in [-0.3, -0.25) is 4.79 Å². The molecule has 2 heterocycles. The van der Waals surface area contributed by atoms with Crippen LogP contribution in [-0.4, -0.2) is 46.8 Å². The van der Waals surface area contributed by atoms with E-state index in [1.165, 1.54) is 0 Å². The zero-order valence-corrected chi connectivity index (χ0v) is 13.6. The Hall–Kier alpha value is -2.66. The molecule has 4 rings (SSSR count). The SMILES string of the molecule is CN(C(=O)c1ccc(-n2cc3ccccc3n2)cc1)[C@@H]1CCNC1. The molecule has 0 spiro atoms. The minimum absolute atomic E-state index is 0.0703. The number of carbonyl (C=O) groups is 1. The van der Waals surface area contributed by atoms with Gasteiger partial charge in [0.25, 0.3) is 5.91 Å². The second-order valence-electron chi connectivity index (χ2n) is 6.24. The van der Waals surface area contributed by atoms with Crippen molar-refractivity contribution in [2.45, 2.75) is 12.5 Å². The number of fused-ring (bicyclic) bond motifs is 1. The van der Waals surface area contributed by atoms with E-state index in [2.05, 4.69) is 10.4 Å². The Labute approximate surface area is 140 Å². The van der Waals surface area contributed by atoms with Crippen molar-refractivity contribution in [3.63, 3.8) is 0 Å². The van der Waals surface area contributed by atoms with E-state index in [0.29, 0.717) is 5.56 Å². The fourth-order valence-corrected chi connectivity index (χ4v) is 3.19. The van der Waals surface area contributed by atoms with Gasteiger partial charge in [-0.05, 0) is 43.3 Å². The van der Waals surface area contributed by atoms with Crippen LogP contribution in [0.3, 0.4) is 0 Å². The van der Waals surface area contributed by atoms with Gasteiger partial charge >= 0.3 is 0 Å². The number of likely N-dealkylation sites (N-methyl/N-ethyl adjacent to an activating group) is 1. The molecule has 2 aromatic carbocycles. The Balaban J connectivity index is 1.56. The molecule has 0 saturated carbocycles. The molecular weight excluding hydrogens is 300 g/mol.